The maximum Gasteiger partial charge on any atom is 0.351 e. The minimum absolute atomic E-state index is 0.0823. The first-order valence-electron chi connectivity index (χ1n) is 18.1. The fourth-order valence-electron chi connectivity index (χ4n) is 5.89. The molecule has 19 heteroatoms. The molecule has 4 N–H and O–H groups in total. The van der Waals surface area contributed by atoms with Gasteiger partial charge in [0.15, 0.2) is 16.6 Å². The summed E-state index contributed by atoms with van der Waals surface area (Å²) in [4.78, 5) is 53.3. The number of esters is 1. The molecule has 2 aromatic heterocycles. The summed E-state index contributed by atoms with van der Waals surface area (Å²) in [6.45, 7) is 24.8. The van der Waals surface area contributed by atoms with Crippen molar-refractivity contribution in [2.75, 3.05) is 18.9 Å². The summed E-state index contributed by atoms with van der Waals surface area (Å²) in [7, 11) is -4.59. The summed E-state index contributed by atoms with van der Waals surface area (Å²) in [5.41, 5.74) is 0.673. The number of carbonyl (C=O) groups excluding carboxylic acids is 1. The molecule has 2 aromatic rings. The van der Waals surface area contributed by atoms with Crippen LogP contribution in [0, 0.1) is 34.5 Å². The van der Waals surface area contributed by atoms with Gasteiger partial charge < -0.3 is 33.9 Å². The van der Waals surface area contributed by atoms with Crippen LogP contribution >= 0.6 is 0 Å². The monoisotopic (exact) mass is 803 g/mol. The molecule has 0 aromatic carbocycles. The Morgan fingerprint density at radius 2 is 1.36 bits per heavy atom. The molecule has 8 unspecified atom stereocenters. The lowest BCUT2D eigenvalue weighted by molar-refractivity contribution is -0.153. The number of hydrogen-bond acceptors (Lipinski definition) is 14. The first-order chi connectivity index (χ1) is 25.1. The van der Waals surface area contributed by atoms with E-state index >= 15 is 0 Å². The van der Waals surface area contributed by atoms with Crippen LogP contribution in [-0.4, -0.2) is 83.4 Å². The van der Waals surface area contributed by atoms with E-state index < -0.39 is 87.9 Å². The predicted molar refractivity (Wildman–Crippen MR) is 207 cm³/mol. The van der Waals surface area contributed by atoms with Crippen LogP contribution in [-0.2, 0) is 27.9 Å². The molecule has 0 bridgehead atoms. The van der Waals surface area contributed by atoms with Crippen LogP contribution in [0.2, 0.25) is 36.3 Å². The molecule has 0 amide bonds. The number of ether oxygens (including phenoxy) is 3. The van der Waals surface area contributed by atoms with Crippen LogP contribution in [0.25, 0.3) is 0 Å². The first kappa shape index (κ1) is 45.4. The van der Waals surface area contributed by atoms with Crippen molar-refractivity contribution in [1.29, 1.82) is 10.5 Å². The highest BCUT2D eigenvalue weighted by molar-refractivity contribution is 6.74. The SMILES string of the molecule is CC(=O)OCC1(C#N)OC(n2ccc(=O)[nH]c2=O)C(C)C1O[Si](C)(C)C(C)(C)C.CC1C(n2ccc(N)nc2=O)OC(C#N)(CO)C1O[Si](C)(C)C(C)(C)C. The van der Waals surface area contributed by atoms with E-state index in [0.717, 1.165) is 0 Å². The van der Waals surface area contributed by atoms with Gasteiger partial charge in [0.2, 0.25) is 11.2 Å². The zero-order chi connectivity index (χ0) is 42.1. The van der Waals surface area contributed by atoms with E-state index in [1.807, 2.05) is 26.9 Å². The van der Waals surface area contributed by atoms with Crippen molar-refractivity contribution in [2.45, 2.75) is 134 Å². The summed E-state index contributed by atoms with van der Waals surface area (Å²) in [5.74, 6) is -1.21. The van der Waals surface area contributed by atoms with Crippen LogP contribution in [0.3, 0.4) is 0 Å². The molecule has 17 nitrogen and oxygen atoms in total. The number of nitrogens with one attached hydrogen (secondary N) is 1. The Balaban J connectivity index is 0.000000297. The van der Waals surface area contributed by atoms with Crippen molar-refractivity contribution in [3.8, 4) is 12.1 Å². The lowest BCUT2D eigenvalue weighted by Gasteiger charge is -2.41. The second-order valence-corrected chi connectivity index (χ2v) is 26.8. The molecule has 4 rings (SSSR count). The number of nitrogens with zero attached hydrogens (tertiary/aromatic N) is 5. The normalized spacial score (nSPS) is 28.4. The van der Waals surface area contributed by atoms with Crippen molar-refractivity contribution in [2.24, 2.45) is 11.8 Å². The van der Waals surface area contributed by atoms with Crippen LogP contribution in [0.5, 0.6) is 0 Å². The Bertz CT molecular complexity index is 1970. The molecule has 0 spiro atoms. The van der Waals surface area contributed by atoms with Gasteiger partial charge >= 0.3 is 17.3 Å². The van der Waals surface area contributed by atoms with Crippen LogP contribution in [0.4, 0.5) is 5.82 Å². The highest BCUT2D eigenvalue weighted by Crippen LogP contribution is 2.48. The Morgan fingerprint density at radius 3 is 1.78 bits per heavy atom. The van der Waals surface area contributed by atoms with Gasteiger partial charge in [-0.3, -0.25) is 23.7 Å². The lowest BCUT2D eigenvalue weighted by Crippen LogP contribution is -2.53. The van der Waals surface area contributed by atoms with Gasteiger partial charge in [-0.2, -0.15) is 15.5 Å². The number of aromatic nitrogens is 4. The van der Waals surface area contributed by atoms with E-state index in [0.29, 0.717) is 0 Å². The standard InChI is InChI=1S/C19H29N3O6Si.C17H28N4O4Si/c1-12-15(28-29(6,7)18(3,4)5)19(10-20,11-26-13(2)23)27-16(12)22-9-8-14(24)21-17(22)25;1-11-13(25-26(5,6)16(2,3)4)17(9-18,10-22)24-14(11)21-8-7-12(19)20-15(21)23/h8-9,12,15-16H,11H2,1-7H3,(H,21,24,25);7-8,11,13-14,22H,10H2,1-6H3,(H2,19,20,23). The van der Waals surface area contributed by atoms with Crippen LogP contribution < -0.4 is 22.7 Å². The average Bonchev–Trinajstić information content (AvgIpc) is 3.49. The maximum atomic E-state index is 12.3. The van der Waals surface area contributed by atoms with Crippen molar-refractivity contribution in [3.05, 3.63) is 55.8 Å². The summed E-state index contributed by atoms with van der Waals surface area (Å²) in [5, 5.41) is 29.5. The smallest absolute Gasteiger partial charge is 0.351 e. The molecular weight excluding hydrogens is 747 g/mol. The number of aliphatic hydroxyl groups is 1. The molecule has 0 radical (unpaired) electrons. The minimum atomic E-state index is -2.34. The van der Waals surface area contributed by atoms with E-state index in [1.165, 1.54) is 40.6 Å². The van der Waals surface area contributed by atoms with Crippen molar-refractivity contribution in [3.63, 3.8) is 0 Å². The largest absolute Gasteiger partial charge is 0.462 e. The molecule has 2 saturated heterocycles. The lowest BCUT2D eigenvalue weighted by atomic mass is 9.92. The van der Waals surface area contributed by atoms with E-state index in [1.54, 1.807) is 0 Å². The topological polar surface area (TPSA) is 247 Å². The summed E-state index contributed by atoms with van der Waals surface area (Å²) >= 11 is 0. The number of nitrogen functional groups attached to an aromatic ring is 1. The Kier molecular flexibility index (Phi) is 13.4. The number of aromatic amines is 1. The average molecular weight is 804 g/mol. The van der Waals surface area contributed by atoms with Gasteiger partial charge in [0, 0.05) is 37.2 Å². The van der Waals surface area contributed by atoms with E-state index in [2.05, 4.69) is 76.7 Å². The number of rotatable bonds is 9. The van der Waals surface area contributed by atoms with Crippen molar-refractivity contribution >= 4 is 28.4 Å². The third kappa shape index (κ3) is 9.37. The third-order valence-corrected chi connectivity index (χ3v) is 20.2. The molecule has 304 valence electrons. The quantitative estimate of drug-likeness (QED) is 0.242. The second kappa shape index (κ2) is 16.3. The van der Waals surface area contributed by atoms with E-state index in [4.69, 9.17) is 28.8 Å². The Hall–Kier alpha value is -3.96. The Morgan fingerprint density at radius 1 is 0.909 bits per heavy atom. The van der Waals surface area contributed by atoms with E-state index in [9.17, 15) is 34.8 Å². The molecule has 2 fully saturated rings. The van der Waals surface area contributed by atoms with Crippen LogP contribution in [0.15, 0.2) is 38.9 Å². The molecule has 2 aliphatic heterocycles. The summed E-state index contributed by atoms with van der Waals surface area (Å²) in [6, 6.07) is 6.91. The summed E-state index contributed by atoms with van der Waals surface area (Å²) in [6.07, 6.45) is -0.253. The molecule has 0 aliphatic carbocycles. The maximum absolute atomic E-state index is 12.3. The highest BCUT2D eigenvalue weighted by Gasteiger charge is 2.60. The van der Waals surface area contributed by atoms with Gasteiger partial charge in [-0.1, -0.05) is 55.4 Å². The number of nitriles is 2. The van der Waals surface area contributed by atoms with Gasteiger partial charge in [-0.15, -0.1) is 0 Å². The summed E-state index contributed by atoms with van der Waals surface area (Å²) < 4.78 is 32.6. The number of nitrogens with two attached hydrogens (primary N) is 1. The number of hydrogen-bond donors (Lipinski definition) is 3. The molecule has 4 heterocycles. The highest BCUT2D eigenvalue weighted by atomic mass is 28.4. The van der Waals surface area contributed by atoms with Crippen LogP contribution in [0.1, 0.15) is 74.8 Å². The molecule has 2 aliphatic rings. The number of aliphatic hydroxyl groups excluding tert-OH is 1. The van der Waals surface area contributed by atoms with Gasteiger partial charge in [0.1, 0.15) is 37.0 Å². The van der Waals surface area contributed by atoms with Gasteiger partial charge in [-0.05, 0) is 42.3 Å². The van der Waals surface area contributed by atoms with Crippen molar-refractivity contribution < 1.29 is 33.0 Å². The zero-order valence-corrected chi connectivity index (χ0v) is 36.1. The number of carbonyl (C=O) groups is 1. The zero-order valence-electron chi connectivity index (χ0n) is 34.1. The van der Waals surface area contributed by atoms with Gasteiger partial charge in [-0.25, -0.2) is 9.59 Å². The first-order valence-corrected chi connectivity index (χ1v) is 23.9. The van der Waals surface area contributed by atoms with Gasteiger partial charge in [0.05, 0.1) is 18.8 Å². The molecular formula is C36H57N7O10Si2. The van der Waals surface area contributed by atoms with Gasteiger partial charge in [0.25, 0.3) is 5.56 Å². The van der Waals surface area contributed by atoms with Crippen molar-refractivity contribution in [1.82, 2.24) is 19.1 Å². The minimum Gasteiger partial charge on any atom is -0.462 e. The second-order valence-electron chi connectivity index (χ2n) is 17.3. The molecule has 55 heavy (non-hydrogen) atoms. The fourth-order valence-corrected chi connectivity index (χ4v) is 8.68. The number of H-pyrrole nitrogens is 1. The number of anilines is 1. The Labute approximate surface area is 323 Å². The molecule has 8 atom stereocenters. The molecule has 0 saturated carbocycles. The fraction of sp³-hybridized carbons (Fsp3) is 0.694. The predicted octanol–water partition coefficient (Wildman–Crippen LogP) is 3.55. The third-order valence-electron chi connectivity index (χ3n) is 11.2. The van der Waals surface area contributed by atoms with E-state index in [-0.39, 0.29) is 28.4 Å².